The summed E-state index contributed by atoms with van der Waals surface area (Å²) in [5.41, 5.74) is 4.25. The SMILES string of the molecule is Cc1nc(C)c2c(C)c(C(=O)Nc3c(-c4ccccc4)nc4ccccn34)sc2n1. The first-order chi connectivity index (χ1) is 14.5. The van der Waals surface area contributed by atoms with Crippen LogP contribution in [0.3, 0.4) is 0 Å². The third kappa shape index (κ3) is 2.95. The van der Waals surface area contributed by atoms with Crippen LogP contribution in [0.25, 0.3) is 27.1 Å². The van der Waals surface area contributed by atoms with Crippen molar-refractivity contribution in [2.45, 2.75) is 20.8 Å². The molecule has 5 rings (SSSR count). The van der Waals surface area contributed by atoms with Crippen molar-refractivity contribution in [3.8, 4) is 11.3 Å². The van der Waals surface area contributed by atoms with E-state index in [0.717, 1.165) is 38.4 Å². The predicted octanol–water partition coefficient (Wildman–Crippen LogP) is 5.18. The Morgan fingerprint density at radius 1 is 0.967 bits per heavy atom. The van der Waals surface area contributed by atoms with E-state index in [1.165, 1.54) is 11.3 Å². The number of pyridine rings is 1. The lowest BCUT2D eigenvalue weighted by atomic mass is 10.1. The smallest absolute Gasteiger partial charge is 0.267 e. The molecule has 0 saturated carbocycles. The maximum atomic E-state index is 13.3. The van der Waals surface area contributed by atoms with Gasteiger partial charge >= 0.3 is 0 Å². The van der Waals surface area contributed by atoms with Crippen molar-refractivity contribution in [2.75, 3.05) is 5.32 Å². The third-order valence-corrected chi connectivity index (χ3v) is 6.28. The van der Waals surface area contributed by atoms with E-state index in [4.69, 9.17) is 4.98 Å². The fourth-order valence-corrected chi connectivity index (χ4v) is 4.94. The fourth-order valence-electron chi connectivity index (χ4n) is 3.77. The second-order valence-corrected chi connectivity index (χ2v) is 8.15. The molecule has 0 bridgehead atoms. The summed E-state index contributed by atoms with van der Waals surface area (Å²) in [7, 11) is 0. The molecule has 1 N–H and O–H groups in total. The number of hydrogen-bond acceptors (Lipinski definition) is 5. The van der Waals surface area contributed by atoms with Crippen LogP contribution in [0.5, 0.6) is 0 Å². The van der Waals surface area contributed by atoms with E-state index < -0.39 is 0 Å². The Morgan fingerprint density at radius 2 is 1.73 bits per heavy atom. The van der Waals surface area contributed by atoms with E-state index in [9.17, 15) is 4.79 Å². The quantitative estimate of drug-likeness (QED) is 0.442. The minimum absolute atomic E-state index is 0.171. The van der Waals surface area contributed by atoms with Gasteiger partial charge in [0.05, 0.1) is 4.88 Å². The number of aromatic nitrogens is 4. The van der Waals surface area contributed by atoms with Gasteiger partial charge in [-0.25, -0.2) is 15.0 Å². The van der Waals surface area contributed by atoms with Gasteiger partial charge in [-0.3, -0.25) is 9.20 Å². The molecule has 0 saturated heterocycles. The number of carbonyl (C=O) groups excluding carboxylic acids is 1. The number of nitrogens with zero attached hydrogens (tertiary/aromatic N) is 4. The first kappa shape index (κ1) is 18.4. The van der Waals surface area contributed by atoms with Crippen LogP contribution in [0.15, 0.2) is 54.7 Å². The molecule has 0 radical (unpaired) electrons. The number of nitrogens with one attached hydrogen (secondary N) is 1. The van der Waals surface area contributed by atoms with Crippen LogP contribution < -0.4 is 5.32 Å². The number of anilines is 1. The number of amides is 1. The molecule has 0 aliphatic heterocycles. The van der Waals surface area contributed by atoms with Crippen LogP contribution in [0.4, 0.5) is 5.82 Å². The van der Waals surface area contributed by atoms with Crippen molar-refractivity contribution in [3.05, 3.63) is 76.7 Å². The summed E-state index contributed by atoms with van der Waals surface area (Å²) in [6, 6.07) is 15.6. The maximum Gasteiger partial charge on any atom is 0.267 e. The topological polar surface area (TPSA) is 72.2 Å². The number of carbonyl (C=O) groups is 1. The lowest BCUT2D eigenvalue weighted by Crippen LogP contribution is -2.13. The summed E-state index contributed by atoms with van der Waals surface area (Å²) in [5, 5.41) is 4.06. The van der Waals surface area contributed by atoms with Gasteiger partial charge < -0.3 is 5.32 Å². The zero-order valence-electron chi connectivity index (χ0n) is 16.8. The highest BCUT2D eigenvalue weighted by Gasteiger charge is 2.22. The summed E-state index contributed by atoms with van der Waals surface area (Å²) in [5.74, 6) is 1.19. The molecular formula is C23H19N5OS. The molecule has 148 valence electrons. The molecule has 0 spiro atoms. The first-order valence-corrected chi connectivity index (χ1v) is 10.4. The highest BCUT2D eigenvalue weighted by molar-refractivity contribution is 7.20. The molecule has 1 amide bonds. The van der Waals surface area contributed by atoms with E-state index in [0.29, 0.717) is 16.5 Å². The fraction of sp³-hybridized carbons (Fsp3) is 0.130. The molecule has 4 heterocycles. The van der Waals surface area contributed by atoms with Crippen molar-refractivity contribution < 1.29 is 4.79 Å². The zero-order chi connectivity index (χ0) is 20.8. The number of hydrogen-bond donors (Lipinski definition) is 1. The van der Waals surface area contributed by atoms with Gasteiger partial charge in [0.1, 0.15) is 27.8 Å². The number of benzene rings is 1. The molecule has 0 atom stereocenters. The van der Waals surface area contributed by atoms with Crippen molar-refractivity contribution in [3.63, 3.8) is 0 Å². The Morgan fingerprint density at radius 3 is 2.53 bits per heavy atom. The van der Waals surface area contributed by atoms with Gasteiger partial charge in [0.25, 0.3) is 5.91 Å². The Kier molecular flexibility index (Phi) is 4.33. The zero-order valence-corrected chi connectivity index (χ0v) is 17.6. The van der Waals surface area contributed by atoms with E-state index in [2.05, 4.69) is 15.3 Å². The minimum Gasteiger partial charge on any atom is -0.305 e. The van der Waals surface area contributed by atoms with Crippen LogP contribution in [-0.2, 0) is 0 Å². The Labute approximate surface area is 177 Å². The van der Waals surface area contributed by atoms with Crippen LogP contribution >= 0.6 is 11.3 Å². The normalized spacial score (nSPS) is 11.3. The molecule has 0 unspecified atom stereocenters. The molecule has 4 aromatic heterocycles. The van der Waals surface area contributed by atoms with Gasteiger partial charge in [0, 0.05) is 22.8 Å². The molecule has 30 heavy (non-hydrogen) atoms. The molecule has 6 nitrogen and oxygen atoms in total. The van der Waals surface area contributed by atoms with Crippen LogP contribution in [0.2, 0.25) is 0 Å². The van der Waals surface area contributed by atoms with Crippen LogP contribution in [-0.4, -0.2) is 25.3 Å². The summed E-state index contributed by atoms with van der Waals surface area (Å²) < 4.78 is 1.90. The predicted molar refractivity (Wildman–Crippen MR) is 120 cm³/mol. The average molecular weight is 414 g/mol. The van der Waals surface area contributed by atoms with E-state index in [-0.39, 0.29) is 5.91 Å². The molecule has 5 aromatic rings. The summed E-state index contributed by atoms with van der Waals surface area (Å²) in [4.78, 5) is 28.5. The first-order valence-electron chi connectivity index (χ1n) is 9.61. The molecule has 7 heteroatoms. The van der Waals surface area contributed by atoms with Crippen molar-refractivity contribution >= 4 is 38.9 Å². The molecule has 0 aliphatic rings. The third-order valence-electron chi connectivity index (χ3n) is 5.10. The second-order valence-electron chi connectivity index (χ2n) is 7.15. The number of imidazole rings is 1. The van der Waals surface area contributed by atoms with Crippen molar-refractivity contribution in [1.82, 2.24) is 19.4 Å². The Balaban J connectivity index is 1.63. The highest BCUT2D eigenvalue weighted by atomic mass is 32.1. The Bertz CT molecular complexity index is 1420. The highest BCUT2D eigenvalue weighted by Crippen LogP contribution is 2.33. The van der Waals surface area contributed by atoms with Crippen LogP contribution in [0, 0.1) is 20.8 Å². The standard InChI is InChI=1S/C23H19N5OS/c1-13-18-14(2)24-15(3)25-23(18)30-20(13)22(29)27-21-19(16-9-5-4-6-10-16)26-17-11-7-8-12-28(17)21/h4-12H,1-3H3,(H,27,29). The largest absolute Gasteiger partial charge is 0.305 e. The van der Waals surface area contributed by atoms with Crippen LogP contribution in [0.1, 0.15) is 26.8 Å². The average Bonchev–Trinajstić information content (AvgIpc) is 3.27. The van der Waals surface area contributed by atoms with Gasteiger partial charge in [-0.05, 0) is 38.5 Å². The lowest BCUT2D eigenvalue weighted by molar-refractivity contribution is 0.102. The molecule has 1 aromatic carbocycles. The van der Waals surface area contributed by atoms with Gasteiger partial charge in [-0.15, -0.1) is 11.3 Å². The summed E-state index contributed by atoms with van der Waals surface area (Å²) in [6.07, 6.45) is 1.90. The van der Waals surface area contributed by atoms with E-state index in [1.807, 2.05) is 79.9 Å². The summed E-state index contributed by atoms with van der Waals surface area (Å²) >= 11 is 1.40. The Hall–Kier alpha value is -3.58. The number of rotatable bonds is 3. The van der Waals surface area contributed by atoms with Gasteiger partial charge in [0.2, 0.25) is 0 Å². The van der Waals surface area contributed by atoms with Gasteiger partial charge in [-0.2, -0.15) is 0 Å². The van der Waals surface area contributed by atoms with Crippen molar-refractivity contribution in [1.29, 1.82) is 0 Å². The van der Waals surface area contributed by atoms with E-state index in [1.54, 1.807) is 0 Å². The maximum absolute atomic E-state index is 13.3. The summed E-state index contributed by atoms with van der Waals surface area (Å²) in [6.45, 7) is 5.77. The lowest BCUT2D eigenvalue weighted by Gasteiger charge is -2.07. The minimum atomic E-state index is -0.171. The van der Waals surface area contributed by atoms with Gasteiger partial charge in [0.15, 0.2) is 0 Å². The van der Waals surface area contributed by atoms with Crippen molar-refractivity contribution in [2.24, 2.45) is 0 Å². The molecule has 0 fully saturated rings. The molecular weight excluding hydrogens is 394 g/mol. The number of fused-ring (bicyclic) bond motifs is 2. The number of aryl methyl sites for hydroxylation is 3. The van der Waals surface area contributed by atoms with Gasteiger partial charge in [-0.1, -0.05) is 36.4 Å². The second kappa shape index (κ2) is 7.03. The monoisotopic (exact) mass is 413 g/mol. The number of thiophene rings is 1. The molecule has 0 aliphatic carbocycles. The van der Waals surface area contributed by atoms with E-state index >= 15 is 0 Å².